The second-order valence-electron chi connectivity index (χ2n) is 3.83. The van der Waals surface area contributed by atoms with Crippen LogP contribution in [0.3, 0.4) is 0 Å². The van der Waals surface area contributed by atoms with Crippen LogP contribution in [0.1, 0.15) is 31.0 Å². The van der Waals surface area contributed by atoms with E-state index >= 15 is 0 Å². The van der Waals surface area contributed by atoms with Crippen molar-refractivity contribution >= 4 is 11.9 Å². The molecule has 0 unspecified atom stereocenters. The van der Waals surface area contributed by atoms with Crippen molar-refractivity contribution in [1.82, 2.24) is 10.3 Å². The first-order valence-corrected chi connectivity index (χ1v) is 4.94. The molecule has 1 aromatic rings. The largest absolute Gasteiger partial charge is 0.480 e. The van der Waals surface area contributed by atoms with Gasteiger partial charge in [0.2, 0.25) is 0 Å². The molecule has 0 fully saturated rings. The van der Waals surface area contributed by atoms with Gasteiger partial charge in [0.05, 0.1) is 6.20 Å². The number of nitrogens with zero attached hydrogens (tertiary/aromatic N) is 1. The molecule has 0 aliphatic heterocycles. The SMILES string of the molecule is CC(C)C[C@@H](NC(=O)c1ncco1)C(=O)O. The Labute approximate surface area is 92.7 Å². The molecule has 1 atom stereocenters. The van der Waals surface area contributed by atoms with Crippen molar-refractivity contribution in [3.63, 3.8) is 0 Å². The van der Waals surface area contributed by atoms with Crippen LogP contribution in [0.2, 0.25) is 0 Å². The van der Waals surface area contributed by atoms with E-state index in [9.17, 15) is 9.59 Å². The maximum absolute atomic E-state index is 11.5. The first-order chi connectivity index (χ1) is 7.50. The van der Waals surface area contributed by atoms with Crippen molar-refractivity contribution in [3.05, 3.63) is 18.4 Å². The molecule has 88 valence electrons. The first kappa shape index (κ1) is 12.2. The molecule has 1 amide bonds. The number of oxazole rings is 1. The molecule has 0 saturated heterocycles. The number of carbonyl (C=O) groups is 2. The van der Waals surface area contributed by atoms with Crippen molar-refractivity contribution in [2.45, 2.75) is 26.3 Å². The van der Waals surface area contributed by atoms with E-state index in [1.165, 1.54) is 12.5 Å². The average Bonchev–Trinajstić information content (AvgIpc) is 2.68. The van der Waals surface area contributed by atoms with Gasteiger partial charge in [-0.05, 0) is 12.3 Å². The third-order valence-electron chi connectivity index (χ3n) is 1.94. The molecular formula is C10H14N2O4. The van der Waals surface area contributed by atoms with Gasteiger partial charge < -0.3 is 14.8 Å². The molecule has 1 aromatic heterocycles. The predicted molar refractivity (Wildman–Crippen MR) is 54.8 cm³/mol. The Bertz CT molecular complexity index is 359. The molecule has 0 saturated carbocycles. The Morgan fingerprint density at radius 3 is 2.69 bits per heavy atom. The smallest absolute Gasteiger partial charge is 0.326 e. The van der Waals surface area contributed by atoms with Gasteiger partial charge >= 0.3 is 11.9 Å². The molecule has 2 N–H and O–H groups in total. The third-order valence-corrected chi connectivity index (χ3v) is 1.94. The molecule has 1 rings (SSSR count). The molecular weight excluding hydrogens is 212 g/mol. The minimum Gasteiger partial charge on any atom is -0.480 e. The summed E-state index contributed by atoms with van der Waals surface area (Å²) in [5, 5.41) is 11.3. The number of rotatable bonds is 5. The molecule has 6 heteroatoms. The lowest BCUT2D eigenvalue weighted by molar-refractivity contribution is -0.139. The molecule has 0 radical (unpaired) electrons. The fraction of sp³-hybridized carbons (Fsp3) is 0.500. The topological polar surface area (TPSA) is 92.4 Å². The van der Waals surface area contributed by atoms with Gasteiger partial charge in [0, 0.05) is 0 Å². The monoisotopic (exact) mass is 226 g/mol. The van der Waals surface area contributed by atoms with Crippen LogP contribution < -0.4 is 5.32 Å². The highest BCUT2D eigenvalue weighted by Gasteiger charge is 2.23. The number of amides is 1. The summed E-state index contributed by atoms with van der Waals surface area (Å²) in [7, 11) is 0. The fourth-order valence-corrected chi connectivity index (χ4v) is 1.25. The highest BCUT2D eigenvalue weighted by atomic mass is 16.4. The number of aliphatic carboxylic acids is 1. The molecule has 0 bridgehead atoms. The van der Waals surface area contributed by atoms with E-state index in [2.05, 4.69) is 10.3 Å². The maximum Gasteiger partial charge on any atom is 0.326 e. The van der Waals surface area contributed by atoms with Crippen molar-refractivity contribution < 1.29 is 19.1 Å². The Kier molecular flexibility index (Phi) is 4.04. The van der Waals surface area contributed by atoms with Crippen LogP contribution in [0.5, 0.6) is 0 Å². The quantitative estimate of drug-likeness (QED) is 0.778. The molecule has 0 aliphatic carbocycles. The van der Waals surface area contributed by atoms with Gasteiger partial charge in [0.25, 0.3) is 5.89 Å². The average molecular weight is 226 g/mol. The number of carboxylic acid groups (broad SMARTS) is 1. The molecule has 6 nitrogen and oxygen atoms in total. The number of nitrogens with one attached hydrogen (secondary N) is 1. The van der Waals surface area contributed by atoms with Crippen molar-refractivity contribution in [2.24, 2.45) is 5.92 Å². The van der Waals surface area contributed by atoms with Gasteiger partial charge in [0.1, 0.15) is 12.3 Å². The Morgan fingerprint density at radius 2 is 2.25 bits per heavy atom. The number of aromatic nitrogens is 1. The Balaban J connectivity index is 2.62. The zero-order valence-electron chi connectivity index (χ0n) is 9.14. The minimum atomic E-state index is -1.06. The lowest BCUT2D eigenvalue weighted by Gasteiger charge is -2.15. The normalized spacial score (nSPS) is 12.4. The van der Waals surface area contributed by atoms with E-state index in [0.717, 1.165) is 0 Å². The fourth-order valence-electron chi connectivity index (χ4n) is 1.25. The van der Waals surface area contributed by atoms with Crippen LogP contribution in [-0.2, 0) is 4.79 Å². The lowest BCUT2D eigenvalue weighted by Crippen LogP contribution is -2.41. The summed E-state index contributed by atoms with van der Waals surface area (Å²) >= 11 is 0. The van der Waals surface area contributed by atoms with Gasteiger partial charge in [-0.15, -0.1) is 0 Å². The van der Waals surface area contributed by atoms with Crippen LogP contribution in [-0.4, -0.2) is 28.0 Å². The number of carboxylic acids is 1. The molecule has 0 aromatic carbocycles. The Hall–Kier alpha value is -1.85. The summed E-state index contributed by atoms with van der Waals surface area (Å²) in [5.41, 5.74) is 0. The van der Waals surface area contributed by atoms with E-state index in [1.807, 2.05) is 13.8 Å². The van der Waals surface area contributed by atoms with E-state index in [1.54, 1.807) is 0 Å². The van der Waals surface area contributed by atoms with E-state index in [-0.39, 0.29) is 11.8 Å². The molecule has 0 spiro atoms. The van der Waals surface area contributed by atoms with Gasteiger partial charge in [-0.2, -0.15) is 0 Å². The standard InChI is InChI=1S/C10H14N2O4/c1-6(2)5-7(10(14)15)12-8(13)9-11-3-4-16-9/h3-4,6-7H,5H2,1-2H3,(H,12,13)(H,14,15)/t7-/m1/s1. The van der Waals surface area contributed by atoms with Crippen LogP contribution in [0.4, 0.5) is 0 Å². The molecule has 16 heavy (non-hydrogen) atoms. The highest BCUT2D eigenvalue weighted by Crippen LogP contribution is 2.06. The summed E-state index contributed by atoms with van der Waals surface area (Å²) < 4.78 is 4.76. The van der Waals surface area contributed by atoms with Crippen LogP contribution >= 0.6 is 0 Å². The summed E-state index contributed by atoms with van der Waals surface area (Å²) in [5.74, 6) is -1.63. The number of carbonyl (C=O) groups excluding carboxylic acids is 1. The van der Waals surface area contributed by atoms with Crippen molar-refractivity contribution in [1.29, 1.82) is 0 Å². The summed E-state index contributed by atoms with van der Waals surface area (Å²) in [4.78, 5) is 26.0. The van der Waals surface area contributed by atoms with E-state index < -0.39 is 17.9 Å². The highest BCUT2D eigenvalue weighted by molar-refractivity contribution is 5.92. The maximum atomic E-state index is 11.5. The third kappa shape index (κ3) is 3.38. The zero-order valence-corrected chi connectivity index (χ0v) is 9.14. The number of hydrogen-bond donors (Lipinski definition) is 2. The van der Waals surface area contributed by atoms with Gasteiger partial charge in [-0.1, -0.05) is 13.8 Å². The van der Waals surface area contributed by atoms with Gasteiger partial charge in [-0.3, -0.25) is 4.79 Å². The van der Waals surface area contributed by atoms with Crippen LogP contribution in [0.15, 0.2) is 16.9 Å². The summed E-state index contributed by atoms with van der Waals surface area (Å²) in [6.07, 6.45) is 2.95. The van der Waals surface area contributed by atoms with E-state index in [0.29, 0.717) is 6.42 Å². The van der Waals surface area contributed by atoms with E-state index in [4.69, 9.17) is 9.52 Å². The summed E-state index contributed by atoms with van der Waals surface area (Å²) in [6, 6.07) is -0.917. The summed E-state index contributed by atoms with van der Waals surface area (Å²) in [6.45, 7) is 3.76. The second kappa shape index (κ2) is 5.29. The predicted octanol–water partition coefficient (Wildman–Crippen LogP) is 0.904. The van der Waals surface area contributed by atoms with Crippen molar-refractivity contribution in [3.8, 4) is 0 Å². The minimum absolute atomic E-state index is 0.130. The van der Waals surface area contributed by atoms with Gasteiger partial charge in [0.15, 0.2) is 0 Å². The second-order valence-corrected chi connectivity index (χ2v) is 3.83. The van der Waals surface area contributed by atoms with Gasteiger partial charge in [-0.25, -0.2) is 9.78 Å². The van der Waals surface area contributed by atoms with Crippen molar-refractivity contribution in [2.75, 3.05) is 0 Å². The lowest BCUT2D eigenvalue weighted by atomic mass is 10.0. The Morgan fingerprint density at radius 1 is 1.56 bits per heavy atom. The molecule has 1 heterocycles. The number of hydrogen-bond acceptors (Lipinski definition) is 4. The first-order valence-electron chi connectivity index (χ1n) is 4.94. The molecule has 0 aliphatic rings. The van der Waals surface area contributed by atoms with Crippen LogP contribution in [0, 0.1) is 5.92 Å². The van der Waals surface area contributed by atoms with Crippen LogP contribution in [0.25, 0.3) is 0 Å². The zero-order chi connectivity index (χ0) is 12.1.